The van der Waals surface area contributed by atoms with Gasteiger partial charge in [-0.25, -0.2) is 9.97 Å². The van der Waals surface area contributed by atoms with Gasteiger partial charge in [0.1, 0.15) is 17.0 Å². The molecular weight excluding hydrogens is 274 g/mol. The van der Waals surface area contributed by atoms with Crippen LogP contribution in [0.1, 0.15) is 24.3 Å². The summed E-state index contributed by atoms with van der Waals surface area (Å²) in [6.45, 7) is 8.29. The first kappa shape index (κ1) is 14.7. The second kappa shape index (κ2) is 5.75. The van der Waals surface area contributed by atoms with Gasteiger partial charge in [0.15, 0.2) is 0 Å². The fourth-order valence-corrected chi connectivity index (χ4v) is 3.13. The second-order valence-corrected chi connectivity index (χ2v) is 6.46. The lowest BCUT2D eigenvalue weighted by Crippen LogP contribution is -2.27. The maximum Gasteiger partial charge on any atom is 0.308 e. The third kappa shape index (κ3) is 2.75. The monoisotopic (exact) mass is 293 g/mol. The van der Waals surface area contributed by atoms with Gasteiger partial charge in [0, 0.05) is 11.4 Å². The molecule has 6 heteroatoms. The van der Waals surface area contributed by atoms with Crippen molar-refractivity contribution in [3.63, 3.8) is 0 Å². The van der Waals surface area contributed by atoms with Gasteiger partial charge in [0.2, 0.25) is 0 Å². The Morgan fingerprint density at radius 2 is 2.10 bits per heavy atom. The minimum absolute atomic E-state index is 0.0719. The van der Waals surface area contributed by atoms with Gasteiger partial charge in [0.25, 0.3) is 0 Å². The molecule has 0 aliphatic carbocycles. The van der Waals surface area contributed by atoms with Crippen LogP contribution in [0, 0.1) is 25.7 Å². The molecule has 0 aromatic carbocycles. The predicted molar refractivity (Wildman–Crippen MR) is 81.3 cm³/mol. The van der Waals surface area contributed by atoms with Crippen molar-refractivity contribution >= 4 is 33.3 Å². The summed E-state index contributed by atoms with van der Waals surface area (Å²) in [5.74, 6) is -0.414. The van der Waals surface area contributed by atoms with Crippen LogP contribution in [0.25, 0.3) is 10.2 Å². The number of aryl methyl sites for hydroxylation is 2. The van der Waals surface area contributed by atoms with E-state index in [1.807, 2.05) is 20.8 Å². The average molecular weight is 293 g/mol. The maximum absolute atomic E-state index is 11.2. The van der Waals surface area contributed by atoms with Gasteiger partial charge in [0.05, 0.1) is 11.3 Å². The Hall–Kier alpha value is -1.69. The third-order valence-electron chi connectivity index (χ3n) is 3.58. The van der Waals surface area contributed by atoms with Crippen molar-refractivity contribution in [3.8, 4) is 0 Å². The number of nitrogens with one attached hydrogen (secondary N) is 1. The van der Waals surface area contributed by atoms with E-state index in [1.165, 1.54) is 11.2 Å². The molecule has 0 fully saturated rings. The molecule has 0 aliphatic heterocycles. The summed E-state index contributed by atoms with van der Waals surface area (Å²) in [5.41, 5.74) is 1.16. The SMILES string of the molecule is Cc1sc2ncnc(NCC(C(=O)O)C(C)C)c2c1C. The number of aliphatic carboxylic acids is 1. The standard InChI is InChI=1S/C14H19N3O2S/c1-7(2)10(14(18)19)5-15-12-11-8(3)9(4)20-13(11)17-6-16-12/h6-7,10H,5H2,1-4H3,(H,18,19)(H,15,16,17). The number of thiophene rings is 1. The average Bonchev–Trinajstić information content (AvgIpc) is 2.65. The van der Waals surface area contributed by atoms with E-state index in [2.05, 4.69) is 22.2 Å². The van der Waals surface area contributed by atoms with Crippen molar-refractivity contribution < 1.29 is 9.90 Å². The van der Waals surface area contributed by atoms with Gasteiger partial charge in [-0.15, -0.1) is 11.3 Å². The van der Waals surface area contributed by atoms with Gasteiger partial charge >= 0.3 is 5.97 Å². The molecule has 2 aromatic rings. The zero-order valence-electron chi connectivity index (χ0n) is 12.1. The zero-order valence-corrected chi connectivity index (χ0v) is 12.9. The molecule has 2 rings (SSSR count). The molecule has 0 saturated heterocycles. The normalized spacial score (nSPS) is 12.8. The molecule has 0 spiro atoms. The van der Waals surface area contributed by atoms with Crippen molar-refractivity contribution in [2.45, 2.75) is 27.7 Å². The number of hydrogen-bond donors (Lipinski definition) is 2. The minimum Gasteiger partial charge on any atom is -0.481 e. The Balaban J connectivity index is 2.28. The van der Waals surface area contributed by atoms with Crippen LogP contribution in [0.3, 0.4) is 0 Å². The van der Waals surface area contributed by atoms with Gasteiger partial charge in [-0.1, -0.05) is 13.8 Å². The molecule has 0 saturated carbocycles. The first-order valence-corrected chi connectivity index (χ1v) is 7.40. The number of carboxylic acid groups (broad SMARTS) is 1. The molecular formula is C14H19N3O2S. The number of hydrogen-bond acceptors (Lipinski definition) is 5. The van der Waals surface area contributed by atoms with E-state index in [0.717, 1.165) is 21.6 Å². The number of rotatable bonds is 5. The van der Waals surface area contributed by atoms with Gasteiger partial charge in [-0.05, 0) is 25.3 Å². The van der Waals surface area contributed by atoms with Crippen LogP contribution in [0.4, 0.5) is 5.82 Å². The molecule has 2 heterocycles. The van der Waals surface area contributed by atoms with E-state index in [1.54, 1.807) is 11.3 Å². The molecule has 20 heavy (non-hydrogen) atoms. The van der Waals surface area contributed by atoms with E-state index < -0.39 is 11.9 Å². The van der Waals surface area contributed by atoms with Crippen LogP contribution in [0.2, 0.25) is 0 Å². The van der Waals surface area contributed by atoms with Crippen LogP contribution in [0.15, 0.2) is 6.33 Å². The predicted octanol–water partition coefficient (Wildman–Crippen LogP) is 3.08. The number of fused-ring (bicyclic) bond motifs is 1. The summed E-state index contributed by atoms with van der Waals surface area (Å²) in [7, 11) is 0. The lowest BCUT2D eigenvalue weighted by molar-refractivity contribution is -0.142. The third-order valence-corrected chi connectivity index (χ3v) is 4.69. The number of nitrogens with zero attached hydrogens (tertiary/aromatic N) is 2. The van der Waals surface area contributed by atoms with Crippen LogP contribution >= 0.6 is 11.3 Å². The largest absolute Gasteiger partial charge is 0.481 e. The summed E-state index contributed by atoms with van der Waals surface area (Å²) >= 11 is 1.63. The summed E-state index contributed by atoms with van der Waals surface area (Å²) in [6, 6.07) is 0. The van der Waals surface area contributed by atoms with Crippen molar-refractivity contribution in [3.05, 3.63) is 16.8 Å². The second-order valence-electron chi connectivity index (χ2n) is 5.26. The smallest absolute Gasteiger partial charge is 0.308 e. The van der Waals surface area contributed by atoms with E-state index >= 15 is 0 Å². The molecule has 0 aliphatic rings. The highest BCUT2D eigenvalue weighted by atomic mass is 32.1. The molecule has 1 atom stereocenters. The highest BCUT2D eigenvalue weighted by Crippen LogP contribution is 2.32. The molecule has 2 N–H and O–H groups in total. The van der Waals surface area contributed by atoms with Crippen LogP contribution < -0.4 is 5.32 Å². The topological polar surface area (TPSA) is 75.1 Å². The summed E-state index contributed by atoms with van der Waals surface area (Å²) in [4.78, 5) is 21.9. The van der Waals surface area contributed by atoms with Crippen molar-refractivity contribution in [2.75, 3.05) is 11.9 Å². The van der Waals surface area contributed by atoms with E-state index in [-0.39, 0.29) is 5.92 Å². The zero-order chi connectivity index (χ0) is 14.9. The number of carboxylic acids is 1. The van der Waals surface area contributed by atoms with E-state index in [9.17, 15) is 9.90 Å². The molecule has 0 bridgehead atoms. The number of aromatic nitrogens is 2. The molecule has 0 amide bonds. The lowest BCUT2D eigenvalue weighted by atomic mass is 9.96. The van der Waals surface area contributed by atoms with E-state index in [0.29, 0.717) is 6.54 Å². The highest BCUT2D eigenvalue weighted by Gasteiger charge is 2.22. The summed E-state index contributed by atoms with van der Waals surface area (Å²) in [5, 5.41) is 13.4. The molecule has 5 nitrogen and oxygen atoms in total. The summed E-state index contributed by atoms with van der Waals surface area (Å²) in [6.07, 6.45) is 1.52. The lowest BCUT2D eigenvalue weighted by Gasteiger charge is -2.17. The van der Waals surface area contributed by atoms with Crippen molar-refractivity contribution in [2.24, 2.45) is 11.8 Å². The Morgan fingerprint density at radius 3 is 2.70 bits per heavy atom. The highest BCUT2D eigenvalue weighted by molar-refractivity contribution is 7.18. The Morgan fingerprint density at radius 1 is 1.40 bits per heavy atom. The fraction of sp³-hybridized carbons (Fsp3) is 0.500. The fourth-order valence-electron chi connectivity index (χ4n) is 2.13. The van der Waals surface area contributed by atoms with Crippen LogP contribution in [-0.2, 0) is 4.79 Å². The molecule has 0 radical (unpaired) electrons. The first-order chi connectivity index (χ1) is 9.41. The van der Waals surface area contributed by atoms with Crippen molar-refractivity contribution in [1.29, 1.82) is 0 Å². The molecule has 1 unspecified atom stereocenters. The van der Waals surface area contributed by atoms with Gasteiger partial charge in [-0.3, -0.25) is 4.79 Å². The minimum atomic E-state index is -0.781. The van der Waals surface area contributed by atoms with E-state index in [4.69, 9.17) is 0 Å². The maximum atomic E-state index is 11.2. The van der Waals surface area contributed by atoms with Gasteiger partial charge < -0.3 is 10.4 Å². The molecule has 2 aromatic heterocycles. The Kier molecular flexibility index (Phi) is 4.23. The molecule has 108 valence electrons. The Labute approximate surface area is 122 Å². The first-order valence-electron chi connectivity index (χ1n) is 6.59. The van der Waals surface area contributed by atoms with Gasteiger partial charge in [-0.2, -0.15) is 0 Å². The van der Waals surface area contributed by atoms with Crippen LogP contribution in [-0.4, -0.2) is 27.6 Å². The number of anilines is 1. The summed E-state index contributed by atoms with van der Waals surface area (Å²) < 4.78 is 0. The quantitative estimate of drug-likeness (QED) is 0.886. The van der Waals surface area contributed by atoms with Crippen LogP contribution in [0.5, 0.6) is 0 Å². The number of carbonyl (C=O) groups is 1. The Bertz CT molecular complexity index is 637. The van der Waals surface area contributed by atoms with Crippen molar-refractivity contribution in [1.82, 2.24) is 9.97 Å².